The zero-order valence-corrected chi connectivity index (χ0v) is 21.5. The van der Waals surface area contributed by atoms with Crippen LogP contribution >= 0.6 is 0 Å². The summed E-state index contributed by atoms with van der Waals surface area (Å²) in [6.45, 7) is 7.86. The second-order valence-electron chi connectivity index (χ2n) is 9.78. The van der Waals surface area contributed by atoms with Gasteiger partial charge in [0.15, 0.2) is 5.82 Å². The van der Waals surface area contributed by atoms with Gasteiger partial charge in [0.2, 0.25) is 5.95 Å². The van der Waals surface area contributed by atoms with Gasteiger partial charge >= 0.3 is 0 Å². The molecule has 0 saturated carbocycles. The van der Waals surface area contributed by atoms with E-state index in [1.54, 1.807) is 12.4 Å². The largest absolute Gasteiger partial charge is 0.457 e. The highest BCUT2D eigenvalue weighted by Crippen LogP contribution is 2.34. The maximum atomic E-state index is 6.17. The summed E-state index contributed by atoms with van der Waals surface area (Å²) >= 11 is 0. The molecule has 188 valence electrons. The number of ether oxygens (including phenoxy) is 1. The van der Waals surface area contributed by atoms with Crippen molar-refractivity contribution in [3.8, 4) is 11.5 Å². The number of aliphatic imine (C=N–C) groups is 1. The van der Waals surface area contributed by atoms with Crippen molar-refractivity contribution < 1.29 is 4.74 Å². The van der Waals surface area contributed by atoms with E-state index in [-0.39, 0.29) is 0 Å². The molecule has 9 nitrogen and oxygen atoms in total. The van der Waals surface area contributed by atoms with Gasteiger partial charge in [0.05, 0.1) is 11.9 Å². The minimum Gasteiger partial charge on any atom is -0.457 e. The number of nitrogens with zero attached hydrogens (tertiary/aromatic N) is 7. The van der Waals surface area contributed by atoms with Gasteiger partial charge in [0, 0.05) is 43.1 Å². The number of anilines is 3. The van der Waals surface area contributed by atoms with Gasteiger partial charge in [-0.1, -0.05) is 6.07 Å². The third kappa shape index (κ3) is 4.46. The van der Waals surface area contributed by atoms with Crippen molar-refractivity contribution in [1.82, 2.24) is 24.8 Å². The predicted octanol–water partition coefficient (Wildman–Crippen LogP) is 5.19. The van der Waals surface area contributed by atoms with Gasteiger partial charge in [-0.25, -0.2) is 19.9 Å². The molecule has 3 aliphatic heterocycles. The van der Waals surface area contributed by atoms with Crippen molar-refractivity contribution in [2.75, 3.05) is 30.4 Å². The van der Waals surface area contributed by atoms with Crippen LogP contribution in [0.5, 0.6) is 11.5 Å². The van der Waals surface area contributed by atoms with Gasteiger partial charge in [0.1, 0.15) is 28.9 Å². The SMILES string of the molecule is CC=Nc1cc(Oc2ccc(Nc3ncnc4cnc(N5CC6CC(C5)N6C)nc34)cc2C)ccc1C. The minimum absolute atomic E-state index is 0.581. The summed E-state index contributed by atoms with van der Waals surface area (Å²) in [6.07, 6.45) is 6.37. The molecule has 2 atom stereocenters. The van der Waals surface area contributed by atoms with Crippen LogP contribution < -0.4 is 15.0 Å². The molecule has 0 radical (unpaired) electrons. The van der Waals surface area contributed by atoms with Crippen LogP contribution in [-0.2, 0) is 0 Å². The van der Waals surface area contributed by atoms with Crippen molar-refractivity contribution in [3.05, 3.63) is 60.0 Å². The van der Waals surface area contributed by atoms with Crippen LogP contribution in [0, 0.1) is 13.8 Å². The number of nitrogens with one attached hydrogen (secondary N) is 1. The highest BCUT2D eigenvalue weighted by Gasteiger charge is 2.42. The number of piperazine rings is 1. The molecule has 9 heteroatoms. The summed E-state index contributed by atoms with van der Waals surface area (Å²) in [7, 11) is 2.20. The van der Waals surface area contributed by atoms with Crippen molar-refractivity contribution >= 4 is 40.4 Å². The smallest absolute Gasteiger partial charge is 0.226 e. The normalized spacial score (nSPS) is 19.3. The molecule has 4 aromatic rings. The molecule has 0 amide bonds. The lowest BCUT2D eigenvalue weighted by molar-refractivity contribution is 0.0258. The molecule has 3 aliphatic rings. The maximum Gasteiger partial charge on any atom is 0.226 e. The summed E-state index contributed by atoms with van der Waals surface area (Å²) in [6, 6.07) is 13.1. The fraction of sp³-hybridized carbons (Fsp3) is 0.321. The molecule has 37 heavy (non-hydrogen) atoms. The van der Waals surface area contributed by atoms with Crippen LogP contribution in [0.1, 0.15) is 24.5 Å². The first-order valence-electron chi connectivity index (χ1n) is 12.6. The predicted molar refractivity (Wildman–Crippen MR) is 147 cm³/mol. The fourth-order valence-electron chi connectivity index (χ4n) is 5.08. The Morgan fingerprint density at radius 3 is 2.62 bits per heavy atom. The monoisotopic (exact) mass is 494 g/mol. The number of fused-ring (bicyclic) bond motifs is 3. The minimum atomic E-state index is 0.581. The summed E-state index contributed by atoms with van der Waals surface area (Å²) < 4.78 is 6.17. The molecule has 2 bridgehead atoms. The number of likely N-dealkylation sites (N-methyl/N-ethyl adjacent to an activating group) is 1. The Kier molecular flexibility index (Phi) is 5.92. The van der Waals surface area contributed by atoms with E-state index in [4.69, 9.17) is 9.72 Å². The highest BCUT2D eigenvalue weighted by molar-refractivity contribution is 5.87. The van der Waals surface area contributed by atoms with Crippen LogP contribution in [0.4, 0.5) is 23.1 Å². The van der Waals surface area contributed by atoms with Crippen molar-refractivity contribution in [2.45, 2.75) is 39.3 Å². The van der Waals surface area contributed by atoms with E-state index in [0.29, 0.717) is 28.9 Å². The van der Waals surface area contributed by atoms with Gasteiger partial charge in [0.25, 0.3) is 0 Å². The van der Waals surface area contributed by atoms with Crippen LogP contribution in [0.2, 0.25) is 0 Å². The average molecular weight is 495 g/mol. The van der Waals surface area contributed by atoms with Crippen LogP contribution in [0.15, 0.2) is 53.9 Å². The van der Waals surface area contributed by atoms with E-state index in [1.807, 2.05) is 57.2 Å². The number of aromatic nitrogens is 4. The zero-order valence-electron chi connectivity index (χ0n) is 21.5. The van der Waals surface area contributed by atoms with Crippen molar-refractivity contribution in [3.63, 3.8) is 0 Å². The number of benzene rings is 2. The second kappa shape index (κ2) is 9.40. The Morgan fingerprint density at radius 2 is 1.86 bits per heavy atom. The Bertz CT molecular complexity index is 1490. The number of piperidine rings is 1. The first-order chi connectivity index (χ1) is 18.0. The van der Waals surface area contributed by atoms with Crippen LogP contribution in [-0.4, -0.2) is 63.3 Å². The maximum absolute atomic E-state index is 6.17. The molecule has 2 unspecified atom stereocenters. The van der Waals surface area contributed by atoms with Crippen molar-refractivity contribution in [1.29, 1.82) is 0 Å². The molecule has 2 aromatic carbocycles. The molecule has 0 spiro atoms. The molecule has 0 aliphatic carbocycles. The molecular formula is C28H30N8O. The van der Waals surface area contributed by atoms with E-state index in [9.17, 15) is 0 Å². The lowest BCUT2D eigenvalue weighted by atomic mass is 9.89. The summed E-state index contributed by atoms with van der Waals surface area (Å²) in [5.41, 5.74) is 5.32. The Morgan fingerprint density at radius 1 is 1.03 bits per heavy atom. The zero-order chi connectivity index (χ0) is 25.5. The molecule has 7 rings (SSSR count). The van der Waals surface area contributed by atoms with Gasteiger partial charge in [-0.3, -0.25) is 9.89 Å². The Balaban J connectivity index is 1.23. The van der Waals surface area contributed by atoms with Gasteiger partial charge in [-0.15, -0.1) is 0 Å². The average Bonchev–Trinajstić information content (AvgIpc) is 2.92. The second-order valence-corrected chi connectivity index (χ2v) is 9.78. The lowest BCUT2D eigenvalue weighted by Gasteiger charge is -2.54. The number of hydrogen-bond acceptors (Lipinski definition) is 9. The highest BCUT2D eigenvalue weighted by atomic mass is 16.5. The molecule has 2 aromatic heterocycles. The quantitative estimate of drug-likeness (QED) is 0.366. The van der Waals surface area contributed by atoms with E-state index in [2.05, 4.69) is 42.1 Å². The standard InChI is InChI=1S/C28H30N8O/c1-5-29-23-12-22(8-6-17(23)2)37-25-9-7-19(10-18(25)3)33-27-26-24(31-16-32-27)13-30-28(34-26)36-14-20-11-21(15-36)35(20)4/h5-10,12-13,16,20-21H,11,14-15H2,1-4H3,(H,31,32,33). The first-order valence-corrected chi connectivity index (χ1v) is 12.6. The van der Waals surface area contributed by atoms with E-state index < -0.39 is 0 Å². The molecule has 3 fully saturated rings. The molecule has 1 N–H and O–H groups in total. The number of hydrogen-bond donors (Lipinski definition) is 1. The molecule has 5 heterocycles. The van der Waals surface area contributed by atoms with Gasteiger partial charge in [-0.05, 0) is 69.6 Å². The van der Waals surface area contributed by atoms with E-state index in [1.165, 1.54) is 12.7 Å². The Labute approximate surface area is 216 Å². The summed E-state index contributed by atoms with van der Waals surface area (Å²) in [5, 5.41) is 3.42. The van der Waals surface area contributed by atoms with Gasteiger partial charge in [-0.2, -0.15) is 0 Å². The van der Waals surface area contributed by atoms with E-state index >= 15 is 0 Å². The first kappa shape index (κ1) is 23.3. The third-order valence-electron chi connectivity index (χ3n) is 7.32. The third-order valence-corrected chi connectivity index (χ3v) is 7.32. The summed E-state index contributed by atoms with van der Waals surface area (Å²) in [4.78, 5) is 27.5. The molecular weight excluding hydrogens is 464 g/mol. The van der Waals surface area contributed by atoms with Crippen LogP contribution in [0.3, 0.4) is 0 Å². The Hall–Kier alpha value is -4.11. The number of aryl methyl sites for hydroxylation is 2. The number of rotatable bonds is 6. The lowest BCUT2D eigenvalue weighted by Crippen LogP contribution is -2.67. The fourth-order valence-corrected chi connectivity index (χ4v) is 5.08. The summed E-state index contributed by atoms with van der Waals surface area (Å²) in [5.74, 6) is 2.92. The van der Waals surface area contributed by atoms with E-state index in [0.717, 1.165) is 53.0 Å². The van der Waals surface area contributed by atoms with Crippen LogP contribution in [0.25, 0.3) is 11.0 Å². The topological polar surface area (TPSA) is 91.7 Å². The van der Waals surface area contributed by atoms with Gasteiger partial charge < -0.3 is 15.0 Å². The van der Waals surface area contributed by atoms with Crippen molar-refractivity contribution in [2.24, 2.45) is 4.99 Å². The molecule has 3 saturated heterocycles.